The molecule has 8 heteroatoms. The first-order valence-electron chi connectivity index (χ1n) is 5.43. The second-order valence-corrected chi connectivity index (χ2v) is 5.95. The largest absolute Gasteiger partial charge is 0.478 e. The molecule has 0 spiro atoms. The number of carboxylic acid groups (broad SMARTS) is 1. The zero-order valence-electron chi connectivity index (χ0n) is 10.7. The van der Waals surface area contributed by atoms with Crippen molar-refractivity contribution >= 4 is 21.9 Å². The number of rotatable bonds is 5. The van der Waals surface area contributed by atoms with Crippen molar-refractivity contribution in [3.05, 3.63) is 29.6 Å². The monoisotopic (exact) mass is 290 g/mol. The minimum atomic E-state index is -3.80. The molecule has 0 saturated carbocycles. The lowest BCUT2D eigenvalue weighted by molar-refractivity contribution is 0.0692. The molecule has 0 unspecified atom stereocenters. The van der Waals surface area contributed by atoms with Crippen LogP contribution < -0.4 is 4.72 Å². The molecule has 0 bridgehead atoms. The van der Waals surface area contributed by atoms with Crippen molar-refractivity contribution in [2.75, 3.05) is 11.8 Å². The molecule has 1 rings (SSSR count). The van der Waals surface area contributed by atoms with Crippen LogP contribution in [-0.2, 0) is 10.2 Å². The molecule has 1 aromatic rings. The van der Waals surface area contributed by atoms with Crippen LogP contribution in [0.3, 0.4) is 0 Å². The molecule has 0 heterocycles. The van der Waals surface area contributed by atoms with Crippen molar-refractivity contribution in [2.45, 2.75) is 19.9 Å². The van der Waals surface area contributed by atoms with Gasteiger partial charge in [0.15, 0.2) is 0 Å². The maximum Gasteiger partial charge on any atom is 0.338 e. The average molecular weight is 290 g/mol. The van der Waals surface area contributed by atoms with E-state index in [9.17, 15) is 17.6 Å². The van der Waals surface area contributed by atoms with Gasteiger partial charge in [0.2, 0.25) is 0 Å². The van der Waals surface area contributed by atoms with E-state index in [2.05, 4.69) is 4.72 Å². The summed E-state index contributed by atoms with van der Waals surface area (Å²) in [7, 11) is -2.42. The summed E-state index contributed by atoms with van der Waals surface area (Å²) in [6.45, 7) is 3.37. The Morgan fingerprint density at radius 3 is 2.47 bits per heavy atom. The smallest absolute Gasteiger partial charge is 0.338 e. The van der Waals surface area contributed by atoms with E-state index in [-0.39, 0.29) is 11.7 Å². The molecule has 0 saturated heterocycles. The zero-order valence-corrected chi connectivity index (χ0v) is 11.5. The molecule has 0 amide bonds. The molecule has 1 aromatic carbocycles. The Kier molecular flexibility index (Phi) is 4.48. The molecule has 106 valence electrons. The average Bonchev–Trinajstić information content (AvgIpc) is 2.29. The minimum absolute atomic E-state index is 0.00806. The van der Waals surface area contributed by atoms with Gasteiger partial charge >= 0.3 is 16.2 Å². The highest BCUT2D eigenvalue weighted by atomic mass is 32.2. The number of hydrogen-bond donors (Lipinski definition) is 2. The fourth-order valence-corrected chi connectivity index (χ4v) is 2.38. The van der Waals surface area contributed by atoms with E-state index in [1.54, 1.807) is 13.8 Å². The lowest BCUT2D eigenvalue weighted by atomic mass is 10.2. The summed E-state index contributed by atoms with van der Waals surface area (Å²) < 4.78 is 40.2. The van der Waals surface area contributed by atoms with E-state index in [4.69, 9.17) is 5.11 Å². The predicted octanol–water partition coefficient (Wildman–Crippen LogP) is 1.52. The van der Waals surface area contributed by atoms with Gasteiger partial charge in [0.05, 0.1) is 11.3 Å². The number of carbonyl (C=O) groups is 1. The van der Waals surface area contributed by atoms with E-state index in [0.29, 0.717) is 0 Å². The third-order valence-electron chi connectivity index (χ3n) is 2.55. The zero-order chi connectivity index (χ0) is 14.8. The summed E-state index contributed by atoms with van der Waals surface area (Å²) in [5.41, 5.74) is -0.598. The maximum atomic E-state index is 13.2. The highest BCUT2D eigenvalue weighted by molar-refractivity contribution is 7.90. The number of nitrogens with one attached hydrogen (secondary N) is 1. The van der Waals surface area contributed by atoms with Gasteiger partial charge in [0.1, 0.15) is 5.82 Å². The highest BCUT2D eigenvalue weighted by Gasteiger charge is 2.21. The van der Waals surface area contributed by atoms with E-state index in [0.717, 1.165) is 22.5 Å². The Morgan fingerprint density at radius 2 is 2.00 bits per heavy atom. The third kappa shape index (κ3) is 3.65. The first kappa shape index (κ1) is 15.4. The molecule has 19 heavy (non-hydrogen) atoms. The molecule has 0 fully saturated rings. The van der Waals surface area contributed by atoms with E-state index in [1.165, 1.54) is 7.05 Å². The van der Waals surface area contributed by atoms with Crippen LogP contribution in [0, 0.1) is 5.82 Å². The van der Waals surface area contributed by atoms with Gasteiger partial charge in [0.25, 0.3) is 0 Å². The van der Waals surface area contributed by atoms with Gasteiger partial charge in [-0.25, -0.2) is 9.18 Å². The number of anilines is 1. The van der Waals surface area contributed by atoms with Crippen molar-refractivity contribution in [2.24, 2.45) is 0 Å². The number of benzene rings is 1. The lowest BCUT2D eigenvalue weighted by Crippen LogP contribution is -2.37. The maximum absolute atomic E-state index is 13.2. The summed E-state index contributed by atoms with van der Waals surface area (Å²) in [4.78, 5) is 10.8. The van der Waals surface area contributed by atoms with Gasteiger partial charge in [-0.3, -0.25) is 4.72 Å². The van der Waals surface area contributed by atoms with Crippen LogP contribution in [0.2, 0.25) is 0 Å². The first-order chi connectivity index (χ1) is 8.65. The van der Waals surface area contributed by atoms with Crippen molar-refractivity contribution in [1.29, 1.82) is 0 Å². The van der Waals surface area contributed by atoms with E-state index in [1.807, 2.05) is 0 Å². The molecule has 0 radical (unpaired) electrons. The van der Waals surface area contributed by atoms with Crippen LogP contribution in [0.25, 0.3) is 0 Å². The summed E-state index contributed by atoms with van der Waals surface area (Å²) in [6.07, 6.45) is 0. The van der Waals surface area contributed by atoms with E-state index < -0.39 is 27.6 Å². The van der Waals surface area contributed by atoms with Gasteiger partial charge in [-0.05, 0) is 32.0 Å². The predicted molar refractivity (Wildman–Crippen MR) is 68.8 cm³/mol. The molecule has 0 aliphatic heterocycles. The molecule has 0 atom stereocenters. The summed E-state index contributed by atoms with van der Waals surface area (Å²) in [5.74, 6) is -2.39. The molecule has 0 aromatic heterocycles. The number of aromatic carboxylic acids is 1. The van der Waals surface area contributed by atoms with Crippen LogP contribution in [0.5, 0.6) is 0 Å². The second kappa shape index (κ2) is 5.54. The van der Waals surface area contributed by atoms with Gasteiger partial charge in [0, 0.05) is 13.1 Å². The Balaban J connectivity index is 3.07. The number of hydrogen-bond acceptors (Lipinski definition) is 3. The Morgan fingerprint density at radius 1 is 1.42 bits per heavy atom. The number of halogens is 1. The lowest BCUT2D eigenvalue weighted by Gasteiger charge is -2.21. The molecule has 6 nitrogen and oxygen atoms in total. The van der Waals surface area contributed by atoms with E-state index >= 15 is 0 Å². The van der Waals surface area contributed by atoms with Crippen molar-refractivity contribution in [3.8, 4) is 0 Å². The summed E-state index contributed by atoms with van der Waals surface area (Å²) in [6, 6.07) is 2.73. The van der Waals surface area contributed by atoms with Gasteiger partial charge < -0.3 is 5.11 Å². The molecule has 2 N–H and O–H groups in total. The Hall–Kier alpha value is -1.67. The van der Waals surface area contributed by atoms with Gasteiger partial charge in [-0.2, -0.15) is 12.7 Å². The number of carboxylic acids is 1. The van der Waals surface area contributed by atoms with Crippen molar-refractivity contribution in [3.63, 3.8) is 0 Å². The Bertz CT molecular complexity index is 586. The SMILES string of the molecule is CC(C)N(C)S(=O)(=O)Nc1ccc(F)c(C(=O)O)c1. The standard InChI is InChI=1S/C11H15FN2O4S/c1-7(2)14(3)19(17,18)13-8-4-5-10(12)9(6-8)11(15)16/h4-7,13H,1-3H3,(H,15,16). The minimum Gasteiger partial charge on any atom is -0.478 e. The van der Waals surface area contributed by atoms with Crippen LogP contribution in [0.15, 0.2) is 18.2 Å². The quantitative estimate of drug-likeness (QED) is 0.860. The molecular formula is C11H15FN2O4S. The normalized spacial score (nSPS) is 11.9. The third-order valence-corrected chi connectivity index (χ3v) is 4.22. The topological polar surface area (TPSA) is 86.7 Å². The van der Waals surface area contributed by atoms with Crippen molar-refractivity contribution in [1.82, 2.24) is 4.31 Å². The molecular weight excluding hydrogens is 275 g/mol. The number of nitrogens with zero attached hydrogens (tertiary/aromatic N) is 1. The molecule has 0 aliphatic rings. The van der Waals surface area contributed by atoms with Crippen LogP contribution in [0.1, 0.15) is 24.2 Å². The fourth-order valence-electron chi connectivity index (χ4n) is 1.25. The van der Waals surface area contributed by atoms with Gasteiger partial charge in [-0.15, -0.1) is 0 Å². The second-order valence-electron chi connectivity index (χ2n) is 4.22. The highest BCUT2D eigenvalue weighted by Crippen LogP contribution is 2.17. The summed E-state index contributed by atoms with van der Waals surface area (Å²) >= 11 is 0. The van der Waals surface area contributed by atoms with Crippen LogP contribution in [-0.4, -0.2) is 36.9 Å². The summed E-state index contributed by atoms with van der Waals surface area (Å²) in [5, 5.41) is 8.76. The van der Waals surface area contributed by atoms with Crippen LogP contribution in [0.4, 0.5) is 10.1 Å². The first-order valence-corrected chi connectivity index (χ1v) is 6.87. The fraction of sp³-hybridized carbons (Fsp3) is 0.364. The van der Waals surface area contributed by atoms with Crippen LogP contribution >= 0.6 is 0 Å². The van der Waals surface area contributed by atoms with Gasteiger partial charge in [-0.1, -0.05) is 0 Å². The molecule has 0 aliphatic carbocycles. The van der Waals surface area contributed by atoms with Crippen molar-refractivity contribution < 1.29 is 22.7 Å². The Labute approximate surface area is 111 Å².